The predicted molar refractivity (Wildman–Crippen MR) is 90.3 cm³/mol. The van der Waals surface area contributed by atoms with Gasteiger partial charge in [-0.2, -0.15) is 8.78 Å². The van der Waals surface area contributed by atoms with Crippen LogP contribution in [0.4, 0.5) is 8.78 Å². The van der Waals surface area contributed by atoms with E-state index in [1.807, 2.05) is 20.8 Å². The average molecular weight is 352 g/mol. The van der Waals surface area contributed by atoms with Crippen molar-refractivity contribution in [2.24, 2.45) is 0 Å². The molecule has 2 rings (SSSR count). The molecule has 0 spiro atoms. The van der Waals surface area contributed by atoms with Gasteiger partial charge >= 0.3 is 6.61 Å². The number of rotatable bonds is 6. The van der Waals surface area contributed by atoms with E-state index in [9.17, 15) is 13.6 Å². The lowest BCUT2D eigenvalue weighted by molar-refractivity contribution is -0.117. The molecular formula is C17H18F2N2O2S. The Morgan fingerprint density at radius 2 is 2.04 bits per heavy atom. The van der Waals surface area contributed by atoms with Crippen LogP contribution in [0.25, 0.3) is 6.08 Å². The summed E-state index contributed by atoms with van der Waals surface area (Å²) in [7, 11) is 0. The maximum absolute atomic E-state index is 12.4. The van der Waals surface area contributed by atoms with Crippen molar-refractivity contribution in [3.05, 3.63) is 51.5 Å². The standard InChI is InChI=1S/C17H18F2N2O2S/c1-10-16(24-12(3)20-10)11(2)21-15(22)9-8-13-6-4-5-7-14(13)23-17(18)19/h4-9,11,17H,1-3H3,(H,21,22)/b9-8+/t11-/m1/s1. The number of alkyl halides is 2. The van der Waals surface area contributed by atoms with Gasteiger partial charge < -0.3 is 10.1 Å². The quantitative estimate of drug-likeness (QED) is 0.791. The molecule has 4 nitrogen and oxygen atoms in total. The third-order valence-electron chi connectivity index (χ3n) is 3.24. The molecule has 0 fully saturated rings. The van der Waals surface area contributed by atoms with Gasteiger partial charge in [0, 0.05) is 16.5 Å². The van der Waals surface area contributed by atoms with Crippen LogP contribution in [-0.2, 0) is 4.79 Å². The highest BCUT2D eigenvalue weighted by atomic mass is 32.1. The maximum atomic E-state index is 12.4. The van der Waals surface area contributed by atoms with Crippen LogP contribution in [0.5, 0.6) is 5.75 Å². The van der Waals surface area contributed by atoms with E-state index in [-0.39, 0.29) is 17.7 Å². The van der Waals surface area contributed by atoms with E-state index in [0.29, 0.717) is 5.56 Å². The second-order valence-electron chi connectivity index (χ2n) is 5.16. The Hall–Kier alpha value is -2.28. The number of para-hydroxylation sites is 1. The van der Waals surface area contributed by atoms with Gasteiger partial charge in [-0.1, -0.05) is 18.2 Å². The number of ether oxygens (including phenoxy) is 1. The summed E-state index contributed by atoms with van der Waals surface area (Å²) in [5, 5.41) is 3.78. The number of thiazole rings is 1. The molecule has 0 aliphatic heterocycles. The number of nitrogens with one attached hydrogen (secondary N) is 1. The number of hydrogen-bond donors (Lipinski definition) is 1. The van der Waals surface area contributed by atoms with Gasteiger partial charge in [0.05, 0.1) is 16.7 Å². The second-order valence-corrected chi connectivity index (χ2v) is 6.40. The van der Waals surface area contributed by atoms with Crippen LogP contribution < -0.4 is 10.1 Å². The Kier molecular flexibility index (Phi) is 6.03. The SMILES string of the molecule is Cc1nc(C)c([C@@H](C)NC(=O)/C=C/c2ccccc2OC(F)F)s1. The number of halogens is 2. The molecule has 128 valence electrons. The molecule has 2 aromatic rings. The van der Waals surface area contributed by atoms with E-state index < -0.39 is 6.61 Å². The third-order valence-corrected chi connectivity index (χ3v) is 4.50. The van der Waals surface area contributed by atoms with Gasteiger partial charge in [0.2, 0.25) is 5.91 Å². The summed E-state index contributed by atoms with van der Waals surface area (Å²) in [5.41, 5.74) is 1.30. The summed E-state index contributed by atoms with van der Waals surface area (Å²) < 4.78 is 29.2. The molecule has 0 bridgehead atoms. The summed E-state index contributed by atoms with van der Waals surface area (Å²) >= 11 is 1.53. The molecule has 0 aliphatic rings. The highest BCUT2D eigenvalue weighted by Gasteiger charge is 2.14. The minimum atomic E-state index is -2.91. The highest BCUT2D eigenvalue weighted by Crippen LogP contribution is 2.24. The Morgan fingerprint density at radius 1 is 1.33 bits per heavy atom. The van der Waals surface area contributed by atoms with Gasteiger partial charge in [0.25, 0.3) is 0 Å². The molecule has 0 saturated carbocycles. The number of aryl methyl sites for hydroxylation is 2. The zero-order valence-electron chi connectivity index (χ0n) is 13.5. The monoisotopic (exact) mass is 352 g/mol. The van der Waals surface area contributed by atoms with Gasteiger partial charge in [0.15, 0.2) is 0 Å². The lowest BCUT2D eigenvalue weighted by atomic mass is 10.2. The lowest BCUT2D eigenvalue weighted by Crippen LogP contribution is -2.24. The van der Waals surface area contributed by atoms with Crippen LogP contribution in [0.15, 0.2) is 30.3 Å². The zero-order chi connectivity index (χ0) is 17.7. The smallest absolute Gasteiger partial charge is 0.387 e. The highest BCUT2D eigenvalue weighted by molar-refractivity contribution is 7.11. The number of nitrogens with zero attached hydrogens (tertiary/aromatic N) is 1. The molecule has 1 amide bonds. The van der Waals surface area contributed by atoms with Crippen LogP contribution in [0, 0.1) is 13.8 Å². The molecule has 0 radical (unpaired) electrons. The van der Waals surface area contributed by atoms with Crippen molar-refractivity contribution in [2.75, 3.05) is 0 Å². The molecule has 0 saturated heterocycles. The molecule has 0 unspecified atom stereocenters. The Labute approximate surface area is 143 Å². The van der Waals surface area contributed by atoms with Gasteiger partial charge in [-0.25, -0.2) is 4.98 Å². The van der Waals surface area contributed by atoms with Gasteiger partial charge in [0.1, 0.15) is 5.75 Å². The minimum absolute atomic E-state index is 0.0264. The van der Waals surface area contributed by atoms with E-state index in [2.05, 4.69) is 15.0 Å². The Balaban J connectivity index is 2.04. The predicted octanol–water partition coefficient (Wildman–Crippen LogP) is 4.25. The summed E-state index contributed by atoms with van der Waals surface area (Å²) in [5.74, 6) is -0.293. The molecule has 1 aromatic heterocycles. The summed E-state index contributed by atoms with van der Waals surface area (Å²) in [4.78, 5) is 17.4. The number of carbonyl (C=O) groups is 1. The van der Waals surface area contributed by atoms with Crippen LogP contribution in [0.1, 0.15) is 34.1 Å². The van der Waals surface area contributed by atoms with Gasteiger partial charge in [-0.05, 0) is 32.9 Å². The van der Waals surface area contributed by atoms with E-state index >= 15 is 0 Å². The van der Waals surface area contributed by atoms with Crippen LogP contribution in [-0.4, -0.2) is 17.5 Å². The van der Waals surface area contributed by atoms with Gasteiger partial charge in [-0.3, -0.25) is 4.79 Å². The first kappa shape index (κ1) is 18.1. The fraction of sp³-hybridized carbons (Fsp3) is 0.294. The number of amides is 1. The molecule has 1 atom stereocenters. The van der Waals surface area contributed by atoms with Crippen molar-refractivity contribution < 1.29 is 18.3 Å². The van der Waals surface area contributed by atoms with Crippen LogP contribution in [0.2, 0.25) is 0 Å². The summed E-state index contributed by atoms with van der Waals surface area (Å²) in [6, 6.07) is 6.12. The zero-order valence-corrected chi connectivity index (χ0v) is 14.4. The van der Waals surface area contributed by atoms with Crippen molar-refractivity contribution in [1.82, 2.24) is 10.3 Å². The topological polar surface area (TPSA) is 51.2 Å². The first-order valence-electron chi connectivity index (χ1n) is 7.33. The van der Waals surface area contributed by atoms with Gasteiger partial charge in [-0.15, -0.1) is 11.3 Å². The second kappa shape index (κ2) is 8.01. The fourth-order valence-electron chi connectivity index (χ4n) is 2.26. The van der Waals surface area contributed by atoms with E-state index in [1.54, 1.807) is 18.2 Å². The van der Waals surface area contributed by atoms with Crippen molar-refractivity contribution in [2.45, 2.75) is 33.4 Å². The van der Waals surface area contributed by atoms with E-state index in [0.717, 1.165) is 15.6 Å². The Morgan fingerprint density at radius 3 is 2.67 bits per heavy atom. The largest absolute Gasteiger partial charge is 0.434 e. The molecule has 1 N–H and O–H groups in total. The Bertz CT molecular complexity index is 744. The molecule has 1 aromatic carbocycles. The number of hydrogen-bond acceptors (Lipinski definition) is 4. The van der Waals surface area contributed by atoms with Crippen molar-refractivity contribution >= 4 is 23.3 Å². The van der Waals surface area contributed by atoms with Crippen LogP contribution >= 0.6 is 11.3 Å². The number of aromatic nitrogens is 1. The minimum Gasteiger partial charge on any atom is -0.434 e. The van der Waals surface area contributed by atoms with Crippen molar-refractivity contribution in [3.63, 3.8) is 0 Å². The van der Waals surface area contributed by atoms with E-state index in [1.165, 1.54) is 29.6 Å². The molecule has 0 aliphatic carbocycles. The number of benzene rings is 1. The van der Waals surface area contributed by atoms with Crippen molar-refractivity contribution in [1.29, 1.82) is 0 Å². The fourth-order valence-corrected chi connectivity index (χ4v) is 3.19. The first-order valence-corrected chi connectivity index (χ1v) is 8.15. The molecule has 24 heavy (non-hydrogen) atoms. The van der Waals surface area contributed by atoms with Crippen molar-refractivity contribution in [3.8, 4) is 5.75 Å². The lowest BCUT2D eigenvalue weighted by Gasteiger charge is -2.11. The average Bonchev–Trinajstić information content (AvgIpc) is 2.84. The normalized spacial score (nSPS) is 12.6. The molecule has 1 heterocycles. The third kappa shape index (κ3) is 4.86. The summed E-state index contributed by atoms with van der Waals surface area (Å²) in [6.45, 7) is 2.77. The maximum Gasteiger partial charge on any atom is 0.387 e. The van der Waals surface area contributed by atoms with E-state index in [4.69, 9.17) is 0 Å². The van der Waals surface area contributed by atoms with Crippen LogP contribution in [0.3, 0.4) is 0 Å². The first-order chi connectivity index (χ1) is 11.4. The summed E-state index contributed by atoms with van der Waals surface area (Å²) in [6.07, 6.45) is 2.75. The molecule has 7 heteroatoms. The number of carbonyl (C=O) groups excluding carboxylic acids is 1. The molecular weight excluding hydrogens is 334 g/mol.